The molecule has 0 radical (unpaired) electrons. The van der Waals surface area contributed by atoms with Crippen LogP contribution < -0.4 is 11.2 Å². The van der Waals surface area contributed by atoms with Gasteiger partial charge in [0.25, 0.3) is 5.56 Å². The van der Waals surface area contributed by atoms with E-state index in [0.717, 1.165) is 16.2 Å². The molecule has 7 nitrogen and oxygen atoms in total. The zero-order valence-corrected chi connectivity index (χ0v) is 18.6. The molecular weight excluding hydrogens is 469 g/mol. The van der Waals surface area contributed by atoms with E-state index in [2.05, 4.69) is 4.98 Å². The van der Waals surface area contributed by atoms with Crippen molar-refractivity contribution in [3.63, 3.8) is 0 Å². The van der Waals surface area contributed by atoms with Gasteiger partial charge < -0.3 is 14.7 Å². The lowest BCUT2D eigenvalue weighted by Gasteiger charge is -2.11. The molecule has 3 aromatic heterocycles. The Bertz CT molecular complexity index is 1710. The van der Waals surface area contributed by atoms with Crippen LogP contribution in [0.25, 0.3) is 27.5 Å². The number of rotatable bonds is 4. The Kier molecular flexibility index (Phi) is 4.95. The van der Waals surface area contributed by atoms with E-state index in [1.807, 2.05) is 6.92 Å². The second kappa shape index (κ2) is 7.72. The number of hydrogen-bond acceptors (Lipinski definition) is 4. The Morgan fingerprint density at radius 2 is 1.94 bits per heavy atom. The number of aromatic nitrogens is 3. The number of carboxylic acid groups (broad SMARTS) is 1. The first-order valence-corrected chi connectivity index (χ1v) is 11.1. The van der Waals surface area contributed by atoms with Crippen LogP contribution >= 0.6 is 22.9 Å². The number of nitrogens with one attached hydrogen (secondary N) is 1. The van der Waals surface area contributed by atoms with Crippen LogP contribution in [0, 0.1) is 12.7 Å². The molecule has 33 heavy (non-hydrogen) atoms. The van der Waals surface area contributed by atoms with Gasteiger partial charge in [-0.05, 0) is 31.2 Å². The minimum Gasteiger partial charge on any atom is -0.477 e. The normalized spacial score (nSPS) is 11.5. The number of fused-ring (bicyclic) bond motifs is 2. The van der Waals surface area contributed by atoms with Crippen molar-refractivity contribution in [2.75, 3.05) is 0 Å². The number of aromatic carboxylic acids is 1. The number of aromatic amines is 1. The van der Waals surface area contributed by atoms with Gasteiger partial charge >= 0.3 is 11.7 Å². The van der Waals surface area contributed by atoms with Gasteiger partial charge in [-0.2, -0.15) is 0 Å². The van der Waals surface area contributed by atoms with E-state index in [1.165, 1.54) is 28.0 Å². The topological polar surface area (TPSA) is 97.1 Å². The summed E-state index contributed by atoms with van der Waals surface area (Å²) < 4.78 is 16.8. The fraction of sp³-hybridized carbons (Fsp3) is 0.0870. The van der Waals surface area contributed by atoms with Crippen molar-refractivity contribution in [1.29, 1.82) is 0 Å². The molecule has 2 N–H and O–H groups in total. The Balaban J connectivity index is 1.90. The van der Waals surface area contributed by atoms with Gasteiger partial charge in [-0.1, -0.05) is 29.3 Å². The van der Waals surface area contributed by atoms with Crippen molar-refractivity contribution in [2.24, 2.45) is 0 Å². The second-order valence-electron chi connectivity index (χ2n) is 7.61. The minimum atomic E-state index is -1.36. The van der Waals surface area contributed by atoms with E-state index in [-0.39, 0.29) is 33.9 Å². The second-order valence-corrected chi connectivity index (χ2v) is 8.79. The molecule has 3 heterocycles. The highest BCUT2D eigenvalue weighted by atomic mass is 35.5. The Morgan fingerprint density at radius 3 is 2.67 bits per heavy atom. The predicted molar refractivity (Wildman–Crippen MR) is 126 cm³/mol. The van der Waals surface area contributed by atoms with Gasteiger partial charge in [-0.3, -0.25) is 4.79 Å². The Labute approximate surface area is 193 Å². The highest BCUT2D eigenvalue weighted by molar-refractivity contribution is 7.09. The SMILES string of the molecule is Cc1ccc2c(c1)c(-n1c(=O)[nH]c3cscc3c1=O)c(C(=O)O)n2Cc1ccc(Cl)cc1F. The zero-order chi connectivity index (χ0) is 23.4. The van der Waals surface area contributed by atoms with Crippen molar-refractivity contribution in [1.82, 2.24) is 14.1 Å². The summed E-state index contributed by atoms with van der Waals surface area (Å²) in [6, 6.07) is 9.30. The number of aryl methyl sites for hydroxylation is 1. The first kappa shape index (κ1) is 21.2. The molecular formula is C23H15ClFN3O4S. The largest absolute Gasteiger partial charge is 0.477 e. The van der Waals surface area contributed by atoms with Crippen LogP contribution in [0.2, 0.25) is 5.02 Å². The Hall–Kier alpha value is -3.69. The van der Waals surface area contributed by atoms with Gasteiger partial charge in [0.1, 0.15) is 5.82 Å². The van der Waals surface area contributed by atoms with E-state index in [1.54, 1.807) is 29.0 Å². The summed E-state index contributed by atoms with van der Waals surface area (Å²) in [7, 11) is 0. The molecule has 0 fully saturated rings. The molecule has 0 atom stereocenters. The fourth-order valence-corrected chi connectivity index (χ4v) is 4.94. The third kappa shape index (κ3) is 3.37. The van der Waals surface area contributed by atoms with Crippen molar-refractivity contribution < 1.29 is 14.3 Å². The molecule has 0 aliphatic heterocycles. The first-order chi connectivity index (χ1) is 15.8. The predicted octanol–water partition coefficient (Wildman–Crippen LogP) is 4.54. The number of carbonyl (C=O) groups is 1. The Morgan fingerprint density at radius 1 is 1.15 bits per heavy atom. The third-order valence-electron chi connectivity index (χ3n) is 5.50. The monoisotopic (exact) mass is 483 g/mol. The minimum absolute atomic E-state index is 0.0603. The molecule has 0 bridgehead atoms. The molecule has 5 rings (SSSR count). The molecule has 166 valence electrons. The van der Waals surface area contributed by atoms with Crippen molar-refractivity contribution >= 4 is 50.7 Å². The molecule has 0 aliphatic carbocycles. The van der Waals surface area contributed by atoms with Crippen LogP contribution in [0.15, 0.2) is 56.7 Å². The number of benzene rings is 2. The maximum absolute atomic E-state index is 14.6. The molecule has 0 spiro atoms. The van der Waals surface area contributed by atoms with Crippen molar-refractivity contribution in [3.8, 4) is 5.69 Å². The quantitative estimate of drug-likeness (QED) is 0.392. The van der Waals surface area contributed by atoms with Gasteiger partial charge in [-0.15, -0.1) is 11.3 Å². The highest BCUT2D eigenvalue weighted by Gasteiger charge is 2.27. The van der Waals surface area contributed by atoms with Crippen LogP contribution in [0.1, 0.15) is 21.6 Å². The van der Waals surface area contributed by atoms with E-state index in [9.17, 15) is 23.9 Å². The number of nitrogens with zero attached hydrogens (tertiary/aromatic N) is 2. The lowest BCUT2D eigenvalue weighted by molar-refractivity contribution is 0.0686. The average molecular weight is 484 g/mol. The number of carboxylic acids is 1. The summed E-state index contributed by atoms with van der Waals surface area (Å²) in [6.45, 7) is 1.67. The average Bonchev–Trinajstić information content (AvgIpc) is 3.33. The summed E-state index contributed by atoms with van der Waals surface area (Å²) in [6.07, 6.45) is 0. The third-order valence-corrected chi connectivity index (χ3v) is 6.48. The van der Waals surface area contributed by atoms with Crippen LogP contribution in [0.4, 0.5) is 4.39 Å². The van der Waals surface area contributed by atoms with Crippen molar-refractivity contribution in [2.45, 2.75) is 13.5 Å². The number of thiophene rings is 1. The van der Waals surface area contributed by atoms with Crippen molar-refractivity contribution in [3.05, 3.63) is 95.7 Å². The van der Waals surface area contributed by atoms with E-state index in [0.29, 0.717) is 16.4 Å². The highest BCUT2D eigenvalue weighted by Crippen LogP contribution is 2.31. The summed E-state index contributed by atoms with van der Waals surface area (Å²) in [5, 5.41) is 14.3. The molecule has 0 saturated carbocycles. The van der Waals surface area contributed by atoms with Gasteiger partial charge in [-0.25, -0.2) is 18.5 Å². The van der Waals surface area contributed by atoms with E-state index >= 15 is 0 Å². The fourth-order valence-electron chi connectivity index (χ4n) is 4.02. The summed E-state index contributed by atoms with van der Waals surface area (Å²) in [5.74, 6) is -1.95. The lowest BCUT2D eigenvalue weighted by atomic mass is 10.1. The molecule has 0 amide bonds. The maximum atomic E-state index is 14.6. The van der Waals surface area contributed by atoms with Crippen LogP contribution in [-0.4, -0.2) is 25.2 Å². The van der Waals surface area contributed by atoms with Gasteiger partial charge in [0.2, 0.25) is 0 Å². The summed E-state index contributed by atoms with van der Waals surface area (Å²) in [5.41, 5.74) is 0.0897. The molecule has 0 unspecified atom stereocenters. The molecule has 2 aromatic carbocycles. The number of H-pyrrole nitrogens is 1. The summed E-state index contributed by atoms with van der Waals surface area (Å²) >= 11 is 7.10. The first-order valence-electron chi connectivity index (χ1n) is 9.78. The number of halogens is 2. The van der Waals surface area contributed by atoms with Gasteiger partial charge in [0.15, 0.2) is 5.69 Å². The van der Waals surface area contributed by atoms with Crippen LogP contribution in [0.5, 0.6) is 0 Å². The molecule has 5 aromatic rings. The molecule has 0 saturated heterocycles. The number of hydrogen-bond donors (Lipinski definition) is 2. The lowest BCUT2D eigenvalue weighted by Crippen LogP contribution is -2.34. The van der Waals surface area contributed by atoms with E-state index in [4.69, 9.17) is 11.6 Å². The van der Waals surface area contributed by atoms with Gasteiger partial charge in [0.05, 0.1) is 28.7 Å². The van der Waals surface area contributed by atoms with Gasteiger partial charge in [0, 0.05) is 26.7 Å². The maximum Gasteiger partial charge on any atom is 0.354 e. The zero-order valence-electron chi connectivity index (χ0n) is 17.1. The van der Waals surface area contributed by atoms with Crippen LogP contribution in [-0.2, 0) is 6.54 Å². The molecule has 10 heteroatoms. The summed E-state index contributed by atoms with van der Waals surface area (Å²) in [4.78, 5) is 41.3. The van der Waals surface area contributed by atoms with Crippen LogP contribution in [0.3, 0.4) is 0 Å². The molecule has 0 aliphatic rings. The standard InChI is InChI=1S/C23H15ClFN3O4S/c1-11-2-5-18-14(6-11)19(28-21(29)15-9-33-10-17(15)26-23(28)32)20(22(30)31)27(18)8-12-3-4-13(24)7-16(12)25/h2-7,9-10H,8H2,1H3,(H,26,32)(H,30,31). The smallest absolute Gasteiger partial charge is 0.354 e. The van der Waals surface area contributed by atoms with E-state index < -0.39 is 23.0 Å².